The average Bonchev–Trinajstić information content (AvgIpc) is 2.19. The molecule has 0 atom stereocenters. The van der Waals surface area contributed by atoms with E-state index in [1.54, 1.807) is 7.11 Å². The molecule has 0 fully saturated rings. The number of hydrogen-bond acceptors (Lipinski definition) is 2. The standard InChI is InChI=1S/C10H13BrO2/c1-12-9-4-2-5-10(8-9)13-7-3-6-11/h2,4-5,8H,3,6-7H2,1H3. The summed E-state index contributed by atoms with van der Waals surface area (Å²) < 4.78 is 10.6. The summed E-state index contributed by atoms with van der Waals surface area (Å²) in [6, 6.07) is 7.63. The van der Waals surface area contributed by atoms with Crippen molar-refractivity contribution < 1.29 is 9.47 Å². The van der Waals surface area contributed by atoms with E-state index in [0.29, 0.717) is 0 Å². The summed E-state index contributed by atoms with van der Waals surface area (Å²) in [5, 5.41) is 0.969. The molecule has 0 aliphatic rings. The lowest BCUT2D eigenvalue weighted by Crippen LogP contribution is -1.97. The molecule has 72 valence electrons. The molecule has 0 radical (unpaired) electrons. The quantitative estimate of drug-likeness (QED) is 0.586. The van der Waals surface area contributed by atoms with Gasteiger partial charge in [-0.1, -0.05) is 22.0 Å². The van der Waals surface area contributed by atoms with Gasteiger partial charge in [-0.05, 0) is 18.6 Å². The van der Waals surface area contributed by atoms with Crippen LogP contribution in [0.15, 0.2) is 24.3 Å². The molecule has 2 nitrogen and oxygen atoms in total. The van der Waals surface area contributed by atoms with Gasteiger partial charge in [-0.2, -0.15) is 0 Å². The maximum atomic E-state index is 5.48. The zero-order valence-electron chi connectivity index (χ0n) is 7.63. The van der Waals surface area contributed by atoms with Crippen molar-refractivity contribution in [2.24, 2.45) is 0 Å². The van der Waals surface area contributed by atoms with Gasteiger partial charge >= 0.3 is 0 Å². The highest BCUT2D eigenvalue weighted by Crippen LogP contribution is 2.18. The van der Waals surface area contributed by atoms with Crippen LogP contribution in [-0.4, -0.2) is 19.0 Å². The Morgan fingerprint density at radius 1 is 1.31 bits per heavy atom. The van der Waals surface area contributed by atoms with Gasteiger partial charge in [-0.3, -0.25) is 0 Å². The Morgan fingerprint density at radius 3 is 2.77 bits per heavy atom. The molecule has 0 aromatic heterocycles. The van der Waals surface area contributed by atoms with Gasteiger partial charge in [0, 0.05) is 11.4 Å². The minimum atomic E-state index is 0.735. The molecular weight excluding hydrogens is 232 g/mol. The monoisotopic (exact) mass is 244 g/mol. The van der Waals surface area contributed by atoms with Crippen molar-refractivity contribution in [2.45, 2.75) is 6.42 Å². The van der Waals surface area contributed by atoms with Crippen LogP contribution in [0, 0.1) is 0 Å². The van der Waals surface area contributed by atoms with Crippen LogP contribution in [0.5, 0.6) is 11.5 Å². The maximum absolute atomic E-state index is 5.48. The average molecular weight is 245 g/mol. The Bertz CT molecular complexity index is 250. The van der Waals surface area contributed by atoms with E-state index in [0.717, 1.165) is 29.9 Å². The molecule has 0 saturated heterocycles. The van der Waals surface area contributed by atoms with Gasteiger partial charge in [0.1, 0.15) is 11.5 Å². The normalized spacial score (nSPS) is 9.69. The van der Waals surface area contributed by atoms with Gasteiger partial charge in [0.2, 0.25) is 0 Å². The third-order valence-corrected chi connectivity index (χ3v) is 2.15. The van der Waals surface area contributed by atoms with Crippen molar-refractivity contribution in [1.29, 1.82) is 0 Å². The molecular formula is C10H13BrO2. The molecule has 0 N–H and O–H groups in total. The number of rotatable bonds is 5. The third-order valence-electron chi connectivity index (χ3n) is 1.59. The maximum Gasteiger partial charge on any atom is 0.122 e. The summed E-state index contributed by atoms with van der Waals surface area (Å²) in [5.41, 5.74) is 0. The Hall–Kier alpha value is -0.700. The zero-order chi connectivity index (χ0) is 9.52. The van der Waals surface area contributed by atoms with Crippen molar-refractivity contribution >= 4 is 15.9 Å². The van der Waals surface area contributed by atoms with E-state index in [2.05, 4.69) is 15.9 Å². The van der Waals surface area contributed by atoms with E-state index < -0.39 is 0 Å². The van der Waals surface area contributed by atoms with Crippen LogP contribution < -0.4 is 9.47 Å². The number of hydrogen-bond donors (Lipinski definition) is 0. The van der Waals surface area contributed by atoms with Crippen molar-refractivity contribution in [3.8, 4) is 11.5 Å². The lowest BCUT2D eigenvalue weighted by atomic mass is 10.3. The molecule has 0 saturated carbocycles. The highest BCUT2D eigenvalue weighted by atomic mass is 79.9. The summed E-state index contributed by atoms with van der Waals surface area (Å²) >= 11 is 3.35. The van der Waals surface area contributed by atoms with Crippen LogP contribution in [0.3, 0.4) is 0 Å². The van der Waals surface area contributed by atoms with Crippen LogP contribution in [0.25, 0.3) is 0 Å². The topological polar surface area (TPSA) is 18.5 Å². The summed E-state index contributed by atoms with van der Waals surface area (Å²) in [7, 11) is 1.65. The van der Waals surface area contributed by atoms with Gasteiger partial charge in [-0.25, -0.2) is 0 Å². The summed E-state index contributed by atoms with van der Waals surface area (Å²) in [5.74, 6) is 1.69. The predicted molar refractivity (Wildman–Crippen MR) is 56.9 cm³/mol. The Balaban J connectivity index is 2.46. The zero-order valence-corrected chi connectivity index (χ0v) is 9.21. The SMILES string of the molecule is COc1cccc(OCCCBr)c1. The molecule has 0 spiro atoms. The van der Waals surface area contributed by atoms with Gasteiger partial charge in [0.15, 0.2) is 0 Å². The summed E-state index contributed by atoms with van der Waals surface area (Å²) in [4.78, 5) is 0. The van der Waals surface area contributed by atoms with Crippen molar-refractivity contribution in [1.82, 2.24) is 0 Å². The molecule has 0 aliphatic heterocycles. The van der Waals surface area contributed by atoms with Crippen molar-refractivity contribution in [3.63, 3.8) is 0 Å². The van der Waals surface area contributed by atoms with Gasteiger partial charge in [0.05, 0.1) is 13.7 Å². The molecule has 0 unspecified atom stereocenters. The fraction of sp³-hybridized carbons (Fsp3) is 0.400. The molecule has 13 heavy (non-hydrogen) atoms. The van der Waals surface area contributed by atoms with E-state index in [1.807, 2.05) is 24.3 Å². The summed E-state index contributed by atoms with van der Waals surface area (Å²) in [6.07, 6.45) is 1.01. The van der Waals surface area contributed by atoms with Crippen molar-refractivity contribution in [2.75, 3.05) is 19.0 Å². The Kier molecular flexibility index (Phi) is 4.68. The number of ether oxygens (including phenoxy) is 2. The number of benzene rings is 1. The predicted octanol–water partition coefficient (Wildman–Crippen LogP) is 2.86. The highest BCUT2D eigenvalue weighted by Gasteiger charge is 1.95. The van der Waals surface area contributed by atoms with Gasteiger partial charge in [-0.15, -0.1) is 0 Å². The molecule has 3 heteroatoms. The van der Waals surface area contributed by atoms with E-state index in [1.165, 1.54) is 0 Å². The number of methoxy groups -OCH3 is 1. The van der Waals surface area contributed by atoms with E-state index in [4.69, 9.17) is 9.47 Å². The first-order valence-electron chi connectivity index (χ1n) is 4.19. The fourth-order valence-corrected chi connectivity index (χ4v) is 1.16. The van der Waals surface area contributed by atoms with E-state index in [9.17, 15) is 0 Å². The van der Waals surface area contributed by atoms with Gasteiger partial charge < -0.3 is 9.47 Å². The molecule has 0 bridgehead atoms. The first-order chi connectivity index (χ1) is 6.36. The van der Waals surface area contributed by atoms with Crippen molar-refractivity contribution in [3.05, 3.63) is 24.3 Å². The Morgan fingerprint density at radius 2 is 2.08 bits per heavy atom. The second-order valence-electron chi connectivity index (χ2n) is 2.57. The first kappa shape index (κ1) is 10.4. The van der Waals surface area contributed by atoms with E-state index >= 15 is 0 Å². The van der Waals surface area contributed by atoms with Crippen LogP contribution in [-0.2, 0) is 0 Å². The highest BCUT2D eigenvalue weighted by molar-refractivity contribution is 9.09. The lowest BCUT2D eigenvalue weighted by molar-refractivity contribution is 0.316. The van der Waals surface area contributed by atoms with E-state index in [-0.39, 0.29) is 0 Å². The van der Waals surface area contributed by atoms with Crippen LogP contribution >= 0.6 is 15.9 Å². The van der Waals surface area contributed by atoms with Gasteiger partial charge in [0.25, 0.3) is 0 Å². The molecule has 0 amide bonds. The van der Waals surface area contributed by atoms with Crippen LogP contribution in [0.4, 0.5) is 0 Å². The smallest absolute Gasteiger partial charge is 0.122 e. The second kappa shape index (κ2) is 5.86. The molecule has 1 aromatic carbocycles. The molecule has 1 aromatic rings. The molecule has 0 aliphatic carbocycles. The Labute approximate surface area is 87.0 Å². The second-order valence-corrected chi connectivity index (χ2v) is 3.36. The lowest BCUT2D eigenvalue weighted by Gasteiger charge is -2.06. The van der Waals surface area contributed by atoms with Crippen LogP contribution in [0.2, 0.25) is 0 Å². The largest absolute Gasteiger partial charge is 0.497 e. The first-order valence-corrected chi connectivity index (χ1v) is 5.32. The third kappa shape index (κ3) is 3.68. The minimum Gasteiger partial charge on any atom is -0.497 e. The number of halogens is 1. The number of alkyl halides is 1. The molecule has 0 heterocycles. The molecule has 1 rings (SSSR count). The summed E-state index contributed by atoms with van der Waals surface area (Å²) in [6.45, 7) is 0.735. The fourth-order valence-electron chi connectivity index (χ4n) is 0.936. The van der Waals surface area contributed by atoms with Crippen LogP contribution in [0.1, 0.15) is 6.42 Å². The minimum absolute atomic E-state index is 0.735.